The van der Waals surface area contributed by atoms with Gasteiger partial charge in [0.2, 0.25) is 5.82 Å². The Bertz CT molecular complexity index is 1650. The molecule has 0 atom stereocenters. The fourth-order valence-corrected chi connectivity index (χ4v) is 4.90. The number of tetrazole rings is 1. The van der Waals surface area contributed by atoms with Gasteiger partial charge in [-0.15, -0.1) is 10.2 Å². The average Bonchev–Trinajstić information content (AvgIpc) is 3.49. The highest BCUT2D eigenvalue weighted by Gasteiger charge is 2.19. The molecule has 0 bridgehead atoms. The van der Waals surface area contributed by atoms with Crippen LogP contribution in [0.25, 0.3) is 22.5 Å². The van der Waals surface area contributed by atoms with Crippen LogP contribution in [0, 0.1) is 0 Å². The van der Waals surface area contributed by atoms with Gasteiger partial charge in [-0.25, -0.2) is 4.98 Å². The quantitative estimate of drug-likeness (QED) is 0.214. The molecule has 0 aliphatic rings. The number of H-pyrrole nitrogens is 1. The van der Waals surface area contributed by atoms with Crippen LogP contribution >= 0.6 is 0 Å². The molecule has 5 aromatic rings. The summed E-state index contributed by atoms with van der Waals surface area (Å²) in [5, 5.41) is 13.2. The van der Waals surface area contributed by atoms with Crippen LogP contribution in [0.1, 0.15) is 68.7 Å². The Morgan fingerprint density at radius 3 is 2.20 bits per heavy atom. The smallest absolute Gasteiger partial charge is 0.254 e. The zero-order chi connectivity index (χ0) is 28.8. The molecule has 5 rings (SSSR count). The van der Waals surface area contributed by atoms with Crippen LogP contribution in [-0.4, -0.2) is 30.2 Å². The Kier molecular flexibility index (Phi) is 8.53. The van der Waals surface area contributed by atoms with Gasteiger partial charge in [-0.3, -0.25) is 4.79 Å². The second kappa shape index (κ2) is 12.4. The first-order valence-corrected chi connectivity index (χ1v) is 14.5. The molecule has 41 heavy (non-hydrogen) atoms. The SMILES string of the molecule is CCCCc1nc(CCc2ccccc2)[nH]c(=O)c1Cc1ccc(-c2ccccc2-c2nnn(C(C)(C)C)n2)cc1. The lowest BCUT2D eigenvalue weighted by atomic mass is 9.96. The Hall–Kier alpha value is -4.39. The van der Waals surface area contributed by atoms with Gasteiger partial charge in [0.1, 0.15) is 5.82 Å². The van der Waals surface area contributed by atoms with Crippen molar-refractivity contribution >= 4 is 0 Å². The predicted molar refractivity (Wildman–Crippen MR) is 164 cm³/mol. The van der Waals surface area contributed by atoms with Gasteiger partial charge < -0.3 is 4.98 Å². The van der Waals surface area contributed by atoms with Crippen molar-refractivity contribution in [3.63, 3.8) is 0 Å². The zero-order valence-electron chi connectivity index (χ0n) is 24.4. The van der Waals surface area contributed by atoms with E-state index in [1.807, 2.05) is 36.4 Å². The van der Waals surface area contributed by atoms with Crippen molar-refractivity contribution in [2.45, 2.75) is 71.8 Å². The second-order valence-electron chi connectivity index (χ2n) is 11.5. The Morgan fingerprint density at radius 1 is 0.805 bits per heavy atom. The van der Waals surface area contributed by atoms with E-state index < -0.39 is 0 Å². The summed E-state index contributed by atoms with van der Waals surface area (Å²) in [5.74, 6) is 1.36. The minimum atomic E-state index is -0.245. The molecular formula is C34H38N6O. The number of benzene rings is 3. The third kappa shape index (κ3) is 6.85. The highest BCUT2D eigenvalue weighted by atomic mass is 16.1. The first-order chi connectivity index (χ1) is 19.8. The van der Waals surface area contributed by atoms with E-state index in [9.17, 15) is 4.79 Å². The van der Waals surface area contributed by atoms with Gasteiger partial charge in [0.05, 0.1) is 11.2 Å². The summed E-state index contributed by atoms with van der Waals surface area (Å²) in [6.07, 6.45) is 4.98. The van der Waals surface area contributed by atoms with Gasteiger partial charge in [-0.05, 0) is 67.5 Å². The van der Waals surface area contributed by atoms with Crippen LogP contribution in [0.5, 0.6) is 0 Å². The van der Waals surface area contributed by atoms with Crippen LogP contribution in [0.15, 0.2) is 83.7 Å². The topological polar surface area (TPSA) is 89.4 Å². The molecule has 0 saturated carbocycles. The molecule has 7 nitrogen and oxygen atoms in total. The standard InChI is InChI=1S/C34H38N6O/c1-5-6-16-30-29(33(41)36-31(35-30)22-19-24-12-8-7-9-13-24)23-25-17-20-26(21-18-25)27-14-10-11-15-28(27)32-37-39-40(38-32)34(2,3)4/h7-15,17-18,20-21H,5-6,16,19,22-23H2,1-4H3,(H,35,36,41). The molecule has 210 valence electrons. The van der Waals surface area contributed by atoms with Gasteiger partial charge >= 0.3 is 0 Å². The van der Waals surface area contributed by atoms with Crippen molar-refractivity contribution in [2.24, 2.45) is 0 Å². The summed E-state index contributed by atoms with van der Waals surface area (Å²) < 4.78 is 0. The van der Waals surface area contributed by atoms with Crippen molar-refractivity contribution in [1.29, 1.82) is 0 Å². The molecule has 0 spiro atoms. The summed E-state index contributed by atoms with van der Waals surface area (Å²) in [6.45, 7) is 8.32. The monoisotopic (exact) mass is 546 g/mol. The van der Waals surface area contributed by atoms with Crippen LogP contribution in [0.4, 0.5) is 0 Å². The maximum atomic E-state index is 13.3. The van der Waals surface area contributed by atoms with Crippen molar-refractivity contribution in [2.75, 3.05) is 0 Å². The highest BCUT2D eigenvalue weighted by molar-refractivity contribution is 5.80. The molecule has 0 aliphatic carbocycles. The normalized spacial score (nSPS) is 11.6. The molecule has 3 aromatic carbocycles. The Balaban J connectivity index is 1.38. The number of aromatic nitrogens is 6. The molecule has 2 heterocycles. The lowest BCUT2D eigenvalue weighted by molar-refractivity contribution is 0.306. The maximum Gasteiger partial charge on any atom is 0.254 e. The van der Waals surface area contributed by atoms with Crippen molar-refractivity contribution < 1.29 is 0 Å². The number of aromatic amines is 1. The summed E-state index contributed by atoms with van der Waals surface area (Å²) in [6, 6.07) is 26.8. The number of aryl methyl sites for hydroxylation is 3. The molecule has 0 aliphatic heterocycles. The van der Waals surface area contributed by atoms with E-state index in [0.29, 0.717) is 18.7 Å². The number of nitrogens with one attached hydrogen (secondary N) is 1. The Morgan fingerprint density at radius 2 is 1.51 bits per heavy atom. The molecule has 0 saturated heterocycles. The summed E-state index contributed by atoms with van der Waals surface area (Å²) >= 11 is 0. The molecule has 0 radical (unpaired) electrons. The molecule has 7 heteroatoms. The van der Waals surface area contributed by atoms with Gasteiger partial charge in [0.15, 0.2) is 0 Å². The third-order valence-corrected chi connectivity index (χ3v) is 7.24. The van der Waals surface area contributed by atoms with Crippen LogP contribution in [0.2, 0.25) is 0 Å². The first kappa shape index (κ1) is 28.1. The molecule has 2 aromatic heterocycles. The fourth-order valence-electron chi connectivity index (χ4n) is 4.90. The maximum absolute atomic E-state index is 13.3. The first-order valence-electron chi connectivity index (χ1n) is 14.5. The third-order valence-electron chi connectivity index (χ3n) is 7.24. The molecule has 0 unspecified atom stereocenters. The van der Waals surface area contributed by atoms with Crippen LogP contribution in [-0.2, 0) is 31.2 Å². The van der Waals surface area contributed by atoms with Crippen molar-refractivity contribution in [3.05, 3.63) is 117 Å². The average molecular weight is 547 g/mol. The van der Waals surface area contributed by atoms with Gasteiger partial charge in [0, 0.05) is 24.0 Å². The van der Waals surface area contributed by atoms with Crippen molar-refractivity contribution in [1.82, 2.24) is 30.2 Å². The lowest BCUT2D eigenvalue weighted by Crippen LogP contribution is -2.24. The number of hydrogen-bond acceptors (Lipinski definition) is 5. The number of unbranched alkanes of at least 4 members (excludes halogenated alkanes) is 1. The van der Waals surface area contributed by atoms with Gasteiger partial charge in [0.25, 0.3) is 5.56 Å². The van der Waals surface area contributed by atoms with E-state index in [1.54, 1.807) is 4.80 Å². The molecule has 1 N–H and O–H groups in total. The molecule has 0 fully saturated rings. The zero-order valence-corrected chi connectivity index (χ0v) is 24.4. The number of hydrogen-bond donors (Lipinski definition) is 1. The van der Waals surface area contributed by atoms with Crippen molar-refractivity contribution in [3.8, 4) is 22.5 Å². The van der Waals surface area contributed by atoms with E-state index in [2.05, 4.69) is 90.6 Å². The van der Waals surface area contributed by atoms with E-state index in [0.717, 1.165) is 65.0 Å². The summed E-state index contributed by atoms with van der Waals surface area (Å²) in [5.41, 5.74) is 6.75. The van der Waals surface area contributed by atoms with Crippen LogP contribution < -0.4 is 5.56 Å². The lowest BCUT2D eigenvalue weighted by Gasteiger charge is -2.15. The summed E-state index contributed by atoms with van der Waals surface area (Å²) in [7, 11) is 0. The largest absolute Gasteiger partial charge is 0.310 e. The van der Waals surface area contributed by atoms with E-state index in [1.165, 1.54) is 5.56 Å². The summed E-state index contributed by atoms with van der Waals surface area (Å²) in [4.78, 5) is 22.9. The highest BCUT2D eigenvalue weighted by Crippen LogP contribution is 2.30. The minimum Gasteiger partial charge on any atom is -0.310 e. The fraction of sp³-hybridized carbons (Fsp3) is 0.324. The van der Waals surface area contributed by atoms with Gasteiger partial charge in [-0.1, -0.05) is 92.2 Å². The van der Waals surface area contributed by atoms with E-state index >= 15 is 0 Å². The van der Waals surface area contributed by atoms with E-state index in [-0.39, 0.29) is 11.1 Å². The van der Waals surface area contributed by atoms with Gasteiger partial charge in [-0.2, -0.15) is 4.80 Å². The minimum absolute atomic E-state index is 0.0309. The molecule has 0 amide bonds. The Labute approximate surface area is 241 Å². The predicted octanol–water partition coefficient (Wildman–Crippen LogP) is 6.56. The van der Waals surface area contributed by atoms with E-state index in [4.69, 9.17) is 4.98 Å². The number of rotatable bonds is 10. The molecular weight excluding hydrogens is 508 g/mol. The number of nitrogens with zero attached hydrogens (tertiary/aromatic N) is 5. The second-order valence-corrected chi connectivity index (χ2v) is 11.5. The van der Waals surface area contributed by atoms with Crippen LogP contribution in [0.3, 0.4) is 0 Å².